The van der Waals surface area contributed by atoms with Crippen molar-refractivity contribution in [2.24, 2.45) is 5.73 Å². The van der Waals surface area contributed by atoms with Gasteiger partial charge >= 0.3 is 5.97 Å². The number of carboxylic acids is 1. The number of rotatable bonds is 4. The molecule has 1 aromatic carbocycles. The molecular weight excluding hydrogens is 312 g/mol. The summed E-state index contributed by atoms with van der Waals surface area (Å²) in [5, 5.41) is 19.0. The van der Waals surface area contributed by atoms with E-state index in [1.807, 2.05) is 0 Å². The van der Waals surface area contributed by atoms with Crippen molar-refractivity contribution >= 4 is 15.8 Å². The van der Waals surface area contributed by atoms with Gasteiger partial charge < -0.3 is 15.9 Å². The first-order valence-electron chi connectivity index (χ1n) is 4.67. The third kappa shape index (κ3) is 2.95. The Bertz CT molecular complexity index is 518. The van der Waals surface area contributed by atoms with Crippen LogP contribution in [0.4, 0.5) is 0 Å². The molecule has 0 fully saturated rings. The van der Waals surface area contributed by atoms with Gasteiger partial charge in [-0.2, -0.15) is 0 Å². The number of carbonyl (C=O) groups is 1. The van der Waals surface area contributed by atoms with E-state index < -0.39 is 26.8 Å². The van der Waals surface area contributed by atoms with Crippen molar-refractivity contribution in [3.05, 3.63) is 35.9 Å². The van der Waals surface area contributed by atoms with Gasteiger partial charge in [0.05, 0.1) is 0 Å². The quantitative estimate of drug-likeness (QED) is 0.629. The Morgan fingerprint density at radius 1 is 1.33 bits per heavy atom. The third-order valence-electron chi connectivity index (χ3n) is 2.44. The summed E-state index contributed by atoms with van der Waals surface area (Å²) < 4.78 is 23.2. The van der Waals surface area contributed by atoms with Crippen molar-refractivity contribution in [1.82, 2.24) is 0 Å². The van der Waals surface area contributed by atoms with Gasteiger partial charge in [0.15, 0.2) is 15.9 Å². The van der Waals surface area contributed by atoms with Crippen LogP contribution in [-0.4, -0.2) is 36.9 Å². The zero-order chi connectivity index (χ0) is 13.3. The molecule has 96 valence electrons. The molecule has 0 radical (unpaired) electrons. The first-order chi connectivity index (χ1) is 7.71. The number of benzene rings is 1. The molecule has 0 saturated carbocycles. The molecule has 8 heteroatoms. The average molecular weight is 325 g/mol. The zero-order valence-electron chi connectivity index (χ0n) is 9.78. The molecule has 0 spiro atoms. The average Bonchev–Trinajstić information content (AvgIpc) is 2.26. The minimum Gasteiger partial charge on any atom is -0.480 e. The van der Waals surface area contributed by atoms with Crippen LogP contribution in [0, 0.1) is 0 Å². The van der Waals surface area contributed by atoms with E-state index in [0.717, 1.165) is 6.26 Å². The smallest absolute Gasteiger partial charge is 0.325 e. The van der Waals surface area contributed by atoms with Gasteiger partial charge in [-0.15, -0.1) is 0 Å². The first-order valence-corrected chi connectivity index (χ1v) is 6.56. The number of hydrogen-bond acceptors (Lipinski definition) is 5. The predicted molar refractivity (Wildman–Crippen MR) is 60.8 cm³/mol. The summed E-state index contributed by atoms with van der Waals surface area (Å²) in [7, 11) is -4.11. The van der Waals surface area contributed by atoms with Crippen LogP contribution in [0.5, 0.6) is 0 Å². The summed E-state index contributed by atoms with van der Waals surface area (Å²) in [5.74, 6) is -1.60. The van der Waals surface area contributed by atoms with E-state index in [1.165, 1.54) is 24.3 Å². The van der Waals surface area contributed by atoms with Crippen LogP contribution in [0.25, 0.3) is 0 Å². The van der Waals surface area contributed by atoms with Gasteiger partial charge in [-0.05, 0) is 0 Å². The van der Waals surface area contributed by atoms with E-state index in [0.29, 0.717) is 0 Å². The van der Waals surface area contributed by atoms with Gasteiger partial charge in [-0.1, -0.05) is 30.3 Å². The van der Waals surface area contributed by atoms with Crippen molar-refractivity contribution in [1.29, 1.82) is 0 Å². The number of carboxylic acid groups (broad SMARTS) is 1. The molecule has 0 aliphatic carbocycles. The molecule has 0 amide bonds. The normalized spacial score (nSPS) is 16.2. The number of hydrogen-bond donors (Lipinski definition) is 3. The maximum atomic E-state index is 11.6. The molecular formula is C10H13NO5SZn. The van der Waals surface area contributed by atoms with E-state index in [-0.39, 0.29) is 25.0 Å². The summed E-state index contributed by atoms with van der Waals surface area (Å²) in [6.07, 6.45) is 0.739. The Hall–Kier alpha value is -0.817. The minimum absolute atomic E-state index is 0. The number of nitrogens with two attached hydrogens (primary N) is 1. The molecule has 0 aromatic heterocycles. The standard InChI is InChI=1S/C10H13NO5S.Zn/c1-17(15,16)10(14,8(11)9(12)13)7-5-3-2-4-6-7;/h2-6,8,14H,11H2,1H3,(H,12,13);. The van der Waals surface area contributed by atoms with Crippen molar-refractivity contribution in [3.8, 4) is 0 Å². The van der Waals surface area contributed by atoms with Gasteiger partial charge in [-0.25, -0.2) is 8.42 Å². The molecule has 0 saturated heterocycles. The first kappa shape index (κ1) is 17.2. The zero-order valence-corrected chi connectivity index (χ0v) is 13.6. The molecule has 4 N–H and O–H groups in total. The van der Waals surface area contributed by atoms with E-state index >= 15 is 0 Å². The molecule has 18 heavy (non-hydrogen) atoms. The van der Waals surface area contributed by atoms with Gasteiger partial charge in [0, 0.05) is 31.3 Å². The minimum atomic E-state index is -4.11. The summed E-state index contributed by atoms with van der Waals surface area (Å²) >= 11 is 0. The van der Waals surface area contributed by atoms with E-state index in [1.54, 1.807) is 6.07 Å². The predicted octanol–water partition coefficient (Wildman–Crippen LogP) is -0.714. The molecule has 2 unspecified atom stereocenters. The Labute approximate surface area is 117 Å². The second kappa shape index (κ2) is 5.88. The number of sulfone groups is 1. The van der Waals surface area contributed by atoms with Gasteiger partial charge in [0.1, 0.15) is 0 Å². The SMILES string of the molecule is CS(=O)(=O)C(O)(c1ccccc1)C(N)C(=O)O.[Zn]. The fourth-order valence-corrected chi connectivity index (χ4v) is 2.59. The van der Waals surface area contributed by atoms with Crippen LogP contribution in [0.15, 0.2) is 30.3 Å². The monoisotopic (exact) mass is 323 g/mol. The number of aliphatic hydroxyl groups is 1. The van der Waals surface area contributed by atoms with Crippen molar-refractivity contribution in [2.45, 2.75) is 11.0 Å². The van der Waals surface area contributed by atoms with E-state index in [9.17, 15) is 18.3 Å². The maximum absolute atomic E-state index is 11.6. The molecule has 0 bridgehead atoms. The van der Waals surface area contributed by atoms with Crippen molar-refractivity contribution in [2.75, 3.05) is 6.26 Å². The second-order valence-corrected chi connectivity index (χ2v) is 5.82. The maximum Gasteiger partial charge on any atom is 0.325 e. The van der Waals surface area contributed by atoms with Gasteiger partial charge in [-0.3, -0.25) is 4.79 Å². The van der Waals surface area contributed by atoms with E-state index in [4.69, 9.17) is 10.8 Å². The number of aliphatic carboxylic acids is 1. The Morgan fingerprint density at radius 3 is 2.11 bits per heavy atom. The summed E-state index contributed by atoms with van der Waals surface area (Å²) in [6.45, 7) is 0. The van der Waals surface area contributed by atoms with Crippen LogP contribution in [-0.2, 0) is 39.0 Å². The fraction of sp³-hybridized carbons (Fsp3) is 0.300. The van der Waals surface area contributed by atoms with Crippen LogP contribution in [0.2, 0.25) is 0 Å². The van der Waals surface area contributed by atoms with Crippen LogP contribution >= 0.6 is 0 Å². The van der Waals surface area contributed by atoms with Crippen molar-refractivity contribution in [3.63, 3.8) is 0 Å². The van der Waals surface area contributed by atoms with Crippen LogP contribution in [0.1, 0.15) is 5.56 Å². The molecule has 2 atom stereocenters. The van der Waals surface area contributed by atoms with E-state index in [2.05, 4.69) is 0 Å². The Kier molecular flexibility index (Phi) is 5.62. The molecule has 0 aliphatic rings. The summed E-state index contributed by atoms with van der Waals surface area (Å²) in [6, 6.07) is 5.24. The fourth-order valence-electron chi connectivity index (χ4n) is 1.47. The van der Waals surface area contributed by atoms with Crippen molar-refractivity contribution < 1.29 is 42.9 Å². The Morgan fingerprint density at radius 2 is 1.78 bits per heavy atom. The topological polar surface area (TPSA) is 118 Å². The molecule has 6 nitrogen and oxygen atoms in total. The Balaban J connectivity index is 0.00000289. The molecule has 0 aliphatic heterocycles. The molecule has 1 rings (SSSR count). The molecule has 1 aromatic rings. The van der Waals surface area contributed by atoms with Crippen LogP contribution in [0.3, 0.4) is 0 Å². The second-order valence-electron chi connectivity index (χ2n) is 3.65. The largest absolute Gasteiger partial charge is 0.480 e. The molecule has 0 heterocycles. The van der Waals surface area contributed by atoms with Crippen LogP contribution < -0.4 is 5.73 Å². The summed E-state index contributed by atoms with van der Waals surface area (Å²) in [5.41, 5.74) is 5.21. The third-order valence-corrected chi connectivity index (χ3v) is 4.06. The summed E-state index contributed by atoms with van der Waals surface area (Å²) in [4.78, 5) is 8.18. The van der Waals surface area contributed by atoms with Gasteiger partial charge in [0.25, 0.3) is 0 Å². The van der Waals surface area contributed by atoms with Gasteiger partial charge in [0.2, 0.25) is 4.93 Å².